The quantitative estimate of drug-likeness (QED) is 0.640. The summed E-state index contributed by atoms with van der Waals surface area (Å²) in [4.78, 5) is 37.3. The molecule has 8 nitrogen and oxygen atoms in total. The highest BCUT2D eigenvalue weighted by atomic mass is 32.2. The van der Waals surface area contributed by atoms with Crippen molar-refractivity contribution in [3.05, 3.63) is 35.4 Å². The van der Waals surface area contributed by atoms with Crippen LogP contribution in [0.15, 0.2) is 24.3 Å². The van der Waals surface area contributed by atoms with Crippen LogP contribution in [0.1, 0.15) is 22.3 Å². The summed E-state index contributed by atoms with van der Waals surface area (Å²) in [6, 6.07) is 5.57. The van der Waals surface area contributed by atoms with E-state index in [1.54, 1.807) is 18.2 Å². The molecule has 144 valence electrons. The van der Waals surface area contributed by atoms with Crippen LogP contribution in [0.25, 0.3) is 0 Å². The van der Waals surface area contributed by atoms with Gasteiger partial charge in [-0.2, -0.15) is 0 Å². The van der Waals surface area contributed by atoms with Crippen molar-refractivity contribution in [1.29, 1.82) is 0 Å². The Morgan fingerprint density at radius 1 is 1.23 bits per heavy atom. The predicted octanol–water partition coefficient (Wildman–Crippen LogP) is 0.160. The molecule has 0 heterocycles. The monoisotopic (exact) mass is 384 g/mol. The lowest BCUT2D eigenvalue weighted by Crippen LogP contribution is -2.44. The average Bonchev–Trinajstić information content (AvgIpc) is 2.54. The van der Waals surface area contributed by atoms with E-state index in [2.05, 4.69) is 5.32 Å². The van der Waals surface area contributed by atoms with Gasteiger partial charge in [0.05, 0.1) is 5.75 Å². The van der Waals surface area contributed by atoms with Crippen molar-refractivity contribution in [3.63, 3.8) is 0 Å². The molecule has 0 saturated heterocycles. The summed E-state index contributed by atoms with van der Waals surface area (Å²) in [5, 5.41) is 2.48. The minimum absolute atomic E-state index is 0.147. The van der Waals surface area contributed by atoms with Gasteiger partial charge in [0, 0.05) is 25.9 Å². The van der Waals surface area contributed by atoms with Gasteiger partial charge in [-0.15, -0.1) is 0 Å². The van der Waals surface area contributed by atoms with E-state index < -0.39 is 40.3 Å². The number of sulfone groups is 1. The summed E-state index contributed by atoms with van der Waals surface area (Å²) in [7, 11) is -0.317. The Labute approximate surface area is 153 Å². The van der Waals surface area contributed by atoms with Crippen LogP contribution in [-0.2, 0) is 24.2 Å². The number of benzene rings is 1. The second-order valence-corrected chi connectivity index (χ2v) is 8.47. The lowest BCUT2D eigenvalue weighted by molar-refractivity contribution is -0.152. The van der Waals surface area contributed by atoms with Crippen LogP contribution in [0.4, 0.5) is 0 Å². The second-order valence-electron chi connectivity index (χ2n) is 6.21. The number of amides is 2. The molecule has 0 bridgehead atoms. The normalized spacial score (nSPS) is 12.2. The van der Waals surface area contributed by atoms with E-state index in [0.29, 0.717) is 5.56 Å². The zero-order chi connectivity index (χ0) is 19.9. The Balaban J connectivity index is 2.84. The summed E-state index contributed by atoms with van der Waals surface area (Å²) in [5.74, 6) is -2.11. The van der Waals surface area contributed by atoms with Gasteiger partial charge < -0.3 is 15.0 Å². The molecule has 0 unspecified atom stereocenters. The summed E-state index contributed by atoms with van der Waals surface area (Å²) in [6.45, 7) is 1.33. The van der Waals surface area contributed by atoms with Crippen LogP contribution >= 0.6 is 0 Å². The van der Waals surface area contributed by atoms with Gasteiger partial charge in [0.1, 0.15) is 15.9 Å². The third-order valence-electron chi connectivity index (χ3n) is 3.48. The number of hydrogen-bond acceptors (Lipinski definition) is 6. The third-order valence-corrected chi connectivity index (χ3v) is 4.46. The van der Waals surface area contributed by atoms with Crippen molar-refractivity contribution in [1.82, 2.24) is 10.2 Å². The number of carbonyl (C=O) groups excluding carboxylic acids is 3. The molecule has 1 atom stereocenters. The summed E-state index contributed by atoms with van der Waals surface area (Å²) in [5.41, 5.74) is 1.20. The molecule has 0 aliphatic carbocycles. The summed E-state index contributed by atoms with van der Waals surface area (Å²) in [6.07, 6.45) is 0.888. The number of carbonyl (C=O) groups is 3. The molecule has 0 aliphatic heterocycles. The van der Waals surface area contributed by atoms with E-state index >= 15 is 0 Å². The lowest BCUT2D eigenvalue weighted by atomic mass is 10.1. The number of hydrogen-bond donors (Lipinski definition) is 1. The fraction of sp³-hybridized carbons (Fsp3) is 0.471. The molecule has 2 amide bonds. The zero-order valence-corrected chi connectivity index (χ0v) is 16.1. The van der Waals surface area contributed by atoms with E-state index in [1.165, 1.54) is 19.0 Å². The minimum Gasteiger partial charge on any atom is -0.454 e. The Hall–Kier alpha value is -2.42. The molecule has 0 fully saturated rings. The maximum Gasteiger partial charge on any atom is 0.329 e. The first-order chi connectivity index (χ1) is 12.0. The van der Waals surface area contributed by atoms with Gasteiger partial charge >= 0.3 is 5.97 Å². The molecule has 0 radical (unpaired) electrons. The molecule has 1 N–H and O–H groups in total. The van der Waals surface area contributed by atoms with E-state index in [4.69, 9.17) is 4.74 Å². The van der Waals surface area contributed by atoms with E-state index in [0.717, 1.165) is 11.8 Å². The molecule has 1 rings (SSSR count). The van der Waals surface area contributed by atoms with Gasteiger partial charge in [-0.3, -0.25) is 9.59 Å². The van der Waals surface area contributed by atoms with E-state index in [1.807, 2.05) is 13.0 Å². The van der Waals surface area contributed by atoms with Gasteiger partial charge in [-0.05, 0) is 25.5 Å². The van der Waals surface area contributed by atoms with Crippen molar-refractivity contribution in [2.45, 2.75) is 19.4 Å². The largest absolute Gasteiger partial charge is 0.454 e. The predicted molar refractivity (Wildman–Crippen MR) is 96.4 cm³/mol. The maximum atomic E-state index is 12.3. The fourth-order valence-electron chi connectivity index (χ4n) is 1.97. The van der Waals surface area contributed by atoms with E-state index in [-0.39, 0.29) is 12.2 Å². The van der Waals surface area contributed by atoms with E-state index in [9.17, 15) is 22.8 Å². The van der Waals surface area contributed by atoms with Gasteiger partial charge in [0.25, 0.3) is 11.8 Å². The molecule has 0 spiro atoms. The van der Waals surface area contributed by atoms with Gasteiger partial charge in [-0.25, -0.2) is 13.2 Å². The number of nitrogens with one attached hydrogen (secondary N) is 1. The van der Waals surface area contributed by atoms with Crippen molar-refractivity contribution in [2.75, 3.05) is 32.7 Å². The van der Waals surface area contributed by atoms with Gasteiger partial charge in [0.2, 0.25) is 0 Å². The van der Waals surface area contributed by atoms with Gasteiger partial charge in [0.15, 0.2) is 6.61 Å². The van der Waals surface area contributed by atoms with Crippen LogP contribution in [0.5, 0.6) is 0 Å². The van der Waals surface area contributed by atoms with Crippen LogP contribution in [0, 0.1) is 6.92 Å². The molecule has 9 heteroatoms. The smallest absolute Gasteiger partial charge is 0.329 e. The SMILES string of the molecule is Cc1cccc(C(=O)N[C@@H](CCS(C)(=O)=O)C(=O)OCC(=O)N(C)C)c1. The number of aryl methyl sites for hydroxylation is 1. The first-order valence-corrected chi connectivity index (χ1v) is 9.97. The van der Waals surface area contributed by atoms with Crippen LogP contribution in [0.2, 0.25) is 0 Å². The topological polar surface area (TPSA) is 110 Å². The molecule has 26 heavy (non-hydrogen) atoms. The first kappa shape index (κ1) is 21.6. The number of nitrogens with zero attached hydrogens (tertiary/aromatic N) is 1. The number of ether oxygens (including phenoxy) is 1. The molecule has 0 aliphatic rings. The Bertz CT molecular complexity index is 773. The highest BCUT2D eigenvalue weighted by molar-refractivity contribution is 7.90. The number of rotatable bonds is 8. The van der Waals surface area contributed by atoms with Crippen molar-refractivity contribution >= 4 is 27.6 Å². The van der Waals surface area contributed by atoms with Crippen LogP contribution in [0.3, 0.4) is 0 Å². The standard InChI is InChI=1S/C17H24N2O6S/c1-12-6-5-7-13(10-12)16(21)18-14(8-9-26(4,23)24)17(22)25-11-15(20)19(2)3/h5-7,10,14H,8-9,11H2,1-4H3,(H,18,21)/t14-/m0/s1. The highest BCUT2D eigenvalue weighted by Crippen LogP contribution is 2.06. The van der Waals surface area contributed by atoms with Crippen molar-refractivity contribution < 1.29 is 27.5 Å². The van der Waals surface area contributed by atoms with Crippen LogP contribution in [-0.4, -0.2) is 69.9 Å². The molecule has 0 saturated carbocycles. The summed E-state index contributed by atoms with van der Waals surface area (Å²) >= 11 is 0. The molecule has 1 aromatic carbocycles. The summed E-state index contributed by atoms with van der Waals surface area (Å²) < 4.78 is 27.7. The second kappa shape index (κ2) is 9.33. The van der Waals surface area contributed by atoms with Crippen LogP contribution < -0.4 is 5.32 Å². The Kier molecular flexibility index (Phi) is 7.76. The molecular weight excluding hydrogens is 360 g/mol. The minimum atomic E-state index is -3.34. The highest BCUT2D eigenvalue weighted by Gasteiger charge is 2.25. The molecule has 1 aromatic rings. The fourth-order valence-corrected chi connectivity index (χ4v) is 2.64. The molecule has 0 aromatic heterocycles. The van der Waals surface area contributed by atoms with Gasteiger partial charge in [-0.1, -0.05) is 17.7 Å². The zero-order valence-electron chi connectivity index (χ0n) is 15.3. The number of esters is 1. The molecular formula is C17H24N2O6S. The van der Waals surface area contributed by atoms with Crippen molar-refractivity contribution in [3.8, 4) is 0 Å². The average molecular weight is 384 g/mol. The Morgan fingerprint density at radius 2 is 1.88 bits per heavy atom. The van der Waals surface area contributed by atoms with Crippen molar-refractivity contribution in [2.24, 2.45) is 0 Å². The first-order valence-electron chi connectivity index (χ1n) is 7.91. The maximum absolute atomic E-state index is 12.3. The number of likely N-dealkylation sites (N-methyl/N-ethyl adjacent to an activating group) is 1. The third kappa shape index (κ3) is 7.64. The Morgan fingerprint density at radius 3 is 2.42 bits per heavy atom. The lowest BCUT2D eigenvalue weighted by Gasteiger charge is -2.18.